The van der Waals surface area contributed by atoms with Crippen molar-refractivity contribution in [3.63, 3.8) is 0 Å². The molecule has 0 aromatic heterocycles. The summed E-state index contributed by atoms with van der Waals surface area (Å²) in [6.07, 6.45) is -24.4. The molecule has 0 amide bonds. The van der Waals surface area contributed by atoms with Crippen molar-refractivity contribution in [1.29, 1.82) is 0 Å². The third-order valence-corrected chi connectivity index (χ3v) is 6.51. The maximum Gasteiger partial charge on any atom is 0.466 e. The minimum absolute atomic E-state index is 0.733. The monoisotopic (exact) mass is 767 g/mol. The van der Waals surface area contributed by atoms with E-state index < -0.39 is 85.6 Å². The van der Waals surface area contributed by atoms with Gasteiger partial charge >= 0.3 is 71.3 Å². The number of nitrogens with zero attached hydrogens (tertiary/aromatic N) is 1. The summed E-state index contributed by atoms with van der Waals surface area (Å²) in [7, 11) is -10.5. The molecule has 33 heteroatoms. The fourth-order valence-corrected chi connectivity index (χ4v) is 3.73. The fourth-order valence-electron chi connectivity index (χ4n) is 2.23. The van der Waals surface area contributed by atoms with Crippen molar-refractivity contribution in [1.82, 2.24) is 4.31 Å². The summed E-state index contributed by atoms with van der Waals surface area (Å²) >= 11 is 0. The molecule has 0 heterocycles. The van der Waals surface area contributed by atoms with Gasteiger partial charge in [0.25, 0.3) is 10.0 Å². The average Bonchev–Trinajstić information content (AvgIpc) is 2.81. The minimum atomic E-state index is -10.5. The van der Waals surface area contributed by atoms with Crippen LogP contribution in [-0.4, -0.2) is 84.0 Å². The molecule has 272 valence electrons. The molecule has 0 rings (SSSR count). The number of alkyl halides is 25. The highest BCUT2D eigenvalue weighted by Gasteiger charge is 2.97. The summed E-state index contributed by atoms with van der Waals surface area (Å²) in [5.41, 5.74) is 0. The average molecular weight is 767 g/mol. The largest absolute Gasteiger partial charge is 0.466 e. The van der Waals surface area contributed by atoms with E-state index in [1.165, 1.54) is 0 Å². The number of rotatable bonds is 14. The Morgan fingerprint density at radius 3 is 0.822 bits per heavy atom. The molecule has 0 aliphatic carbocycles. The number of hydrogen-bond acceptors (Lipinski definition) is 4. The van der Waals surface area contributed by atoms with E-state index in [-0.39, 0.29) is 0 Å². The highest BCUT2D eigenvalue weighted by molar-refractivity contribution is 7.90. The molecular formula is C12F27NO4S. The first-order chi connectivity index (χ1) is 19.0. The zero-order valence-electron chi connectivity index (χ0n) is 18.7. The number of halogens is 27. The van der Waals surface area contributed by atoms with Gasteiger partial charge in [0, 0.05) is 0 Å². The Balaban J connectivity index is 7.94. The summed E-state index contributed by atoms with van der Waals surface area (Å²) in [5, 5.41) is -9.63. The smallest absolute Gasteiger partial charge is 0.205 e. The first kappa shape index (κ1) is 42.9. The second-order valence-corrected chi connectivity index (χ2v) is 9.33. The molecular weight excluding hydrogens is 767 g/mol. The van der Waals surface area contributed by atoms with Gasteiger partial charge in [-0.25, -0.2) is 8.42 Å². The number of hydrogen-bond donors (Lipinski definition) is 0. The SMILES string of the molecule is O=S(=O)(N(C(F)(F)C(F)(F)OF)C(F)(F)C(F)(F)OF)C(F)(F)C(F)(F)C(F)(F)C(F)(F)C(F)(F)C(F)(F)C(F)(F)C(F)(F)F. The van der Waals surface area contributed by atoms with Gasteiger partial charge in [-0.3, -0.25) is 0 Å². The summed E-state index contributed by atoms with van der Waals surface area (Å²) in [6, 6.07) is -17.6. The molecule has 5 nitrogen and oxygen atoms in total. The molecule has 0 unspecified atom stereocenters. The van der Waals surface area contributed by atoms with Gasteiger partial charge in [-0.05, 0) is 9.05 Å². The van der Waals surface area contributed by atoms with Crippen molar-refractivity contribution in [3.8, 4) is 0 Å². The van der Waals surface area contributed by atoms with Crippen LogP contribution in [0, 0.1) is 0 Å². The topological polar surface area (TPSA) is 55.8 Å². The van der Waals surface area contributed by atoms with E-state index in [9.17, 15) is 127 Å². The fraction of sp³-hybridized carbons (Fsp3) is 1.00. The molecule has 45 heavy (non-hydrogen) atoms. The maximum absolute atomic E-state index is 14.0. The number of sulfonamides is 1. The molecule has 0 atom stereocenters. The van der Waals surface area contributed by atoms with Crippen LogP contribution in [-0.2, 0) is 19.9 Å². The van der Waals surface area contributed by atoms with Gasteiger partial charge in [-0.15, -0.1) is 9.88 Å². The van der Waals surface area contributed by atoms with E-state index in [1.807, 2.05) is 0 Å². The molecule has 0 spiro atoms. The Bertz CT molecular complexity index is 1160. The first-order valence-electron chi connectivity index (χ1n) is 8.86. The predicted molar refractivity (Wildman–Crippen MR) is 75.6 cm³/mol. The molecule has 0 aliphatic rings. The van der Waals surface area contributed by atoms with E-state index in [4.69, 9.17) is 0 Å². The van der Waals surface area contributed by atoms with E-state index in [1.54, 1.807) is 0 Å². The molecule has 0 aromatic carbocycles. The zero-order chi connectivity index (χ0) is 37.5. The van der Waals surface area contributed by atoms with Crippen molar-refractivity contribution in [2.24, 2.45) is 0 Å². The van der Waals surface area contributed by atoms with Gasteiger partial charge in [0.1, 0.15) is 0 Å². The zero-order valence-corrected chi connectivity index (χ0v) is 19.5. The van der Waals surface area contributed by atoms with E-state index >= 15 is 0 Å². The lowest BCUT2D eigenvalue weighted by Crippen LogP contribution is -2.77. The Morgan fingerprint density at radius 2 is 0.600 bits per heavy atom. The van der Waals surface area contributed by atoms with Crippen LogP contribution in [0.25, 0.3) is 0 Å². The van der Waals surface area contributed by atoms with Crippen LogP contribution >= 0.6 is 0 Å². The standard InChI is InChI=1S/C12F27NO4S/c13-1(14,3(17,18)5(21,22)7(25,26)27)2(15,16)4(19,20)6(23,24)12(36,37)45(41,42)40(8(28,29)10(32,33)43-38)9(30,31)11(34,35)44-39. The Kier molecular flexibility index (Phi) is 10.2. The van der Waals surface area contributed by atoms with Crippen molar-refractivity contribution < 1.29 is 137 Å². The first-order valence-corrected chi connectivity index (χ1v) is 10.3. The van der Waals surface area contributed by atoms with Crippen LogP contribution in [0.2, 0.25) is 0 Å². The quantitative estimate of drug-likeness (QED) is 0.134. The molecule has 0 saturated heterocycles. The van der Waals surface area contributed by atoms with Gasteiger partial charge in [0.2, 0.25) is 0 Å². The van der Waals surface area contributed by atoms with Crippen LogP contribution in [0.3, 0.4) is 0 Å². The Hall–Kier alpha value is -2.06. The van der Waals surface area contributed by atoms with E-state index in [2.05, 4.69) is 0 Å². The molecule has 0 radical (unpaired) electrons. The van der Waals surface area contributed by atoms with Crippen LogP contribution in [0.4, 0.5) is 119 Å². The Morgan fingerprint density at radius 1 is 0.378 bits per heavy atom. The van der Waals surface area contributed by atoms with Crippen molar-refractivity contribution >= 4 is 10.0 Å². The molecule has 0 aromatic rings. The predicted octanol–water partition coefficient (Wildman–Crippen LogP) is 7.76. The highest BCUT2D eigenvalue weighted by Crippen LogP contribution is 2.65. The summed E-state index contributed by atoms with van der Waals surface area (Å²) in [4.78, 5) is 1.47. The minimum Gasteiger partial charge on any atom is -0.205 e. The second kappa shape index (κ2) is 10.7. The molecule has 0 bridgehead atoms. The van der Waals surface area contributed by atoms with Crippen molar-refractivity contribution in [2.75, 3.05) is 0 Å². The Labute approximate surface area is 224 Å². The van der Waals surface area contributed by atoms with E-state index in [0.717, 1.165) is 9.88 Å². The maximum atomic E-state index is 14.0. The second-order valence-electron chi connectivity index (χ2n) is 7.50. The summed E-state index contributed by atoms with van der Waals surface area (Å²) in [6.45, 7) is 0. The molecule has 0 saturated carbocycles. The molecule has 0 N–H and O–H groups in total. The lowest BCUT2D eigenvalue weighted by atomic mass is 9.91. The summed E-state index contributed by atoms with van der Waals surface area (Å²) < 4.78 is 372. The lowest BCUT2D eigenvalue weighted by Gasteiger charge is -2.44. The van der Waals surface area contributed by atoms with Gasteiger partial charge in [-0.1, -0.05) is 4.31 Å². The van der Waals surface area contributed by atoms with Crippen molar-refractivity contribution in [2.45, 2.75) is 71.3 Å². The van der Waals surface area contributed by atoms with Crippen LogP contribution in [0.5, 0.6) is 0 Å². The third kappa shape index (κ3) is 5.34. The van der Waals surface area contributed by atoms with Crippen molar-refractivity contribution in [3.05, 3.63) is 0 Å². The highest BCUT2D eigenvalue weighted by atomic mass is 32.2. The third-order valence-electron chi connectivity index (χ3n) is 4.66. The van der Waals surface area contributed by atoms with E-state index in [0.29, 0.717) is 0 Å². The van der Waals surface area contributed by atoms with Crippen LogP contribution < -0.4 is 0 Å². The van der Waals surface area contributed by atoms with Crippen LogP contribution in [0.15, 0.2) is 0 Å². The van der Waals surface area contributed by atoms with Gasteiger partial charge in [-0.2, -0.15) is 110 Å². The van der Waals surface area contributed by atoms with Crippen LogP contribution in [0.1, 0.15) is 0 Å². The summed E-state index contributed by atoms with van der Waals surface area (Å²) in [5.74, 6) is -56.9. The van der Waals surface area contributed by atoms with Gasteiger partial charge in [0.15, 0.2) is 0 Å². The molecule has 0 aliphatic heterocycles. The van der Waals surface area contributed by atoms with Gasteiger partial charge < -0.3 is 0 Å². The normalized spacial score (nSPS) is 16.9. The molecule has 0 fully saturated rings. The lowest BCUT2D eigenvalue weighted by molar-refractivity contribution is -0.496. The van der Waals surface area contributed by atoms with Gasteiger partial charge in [0.05, 0.1) is 0 Å².